The Balaban J connectivity index is 1.80. The largest absolute Gasteiger partial charge is 0.272 e. The number of benzene rings is 3. The molecule has 0 aliphatic heterocycles. The van der Waals surface area contributed by atoms with Crippen molar-refractivity contribution in [1.29, 1.82) is 0 Å². The standard InChI is InChI=1S/C23H21ClFN3O3S/c1-17-6-8-18(9-7-17)14-26-27-23(29)16-28(15-19-4-2-3-5-22(19)25)32(30,31)21-12-10-20(24)11-13-21/h2-14H,15-16H2,1H3,(H,27,29)/b26-14-. The van der Waals surface area contributed by atoms with E-state index in [0.29, 0.717) is 5.02 Å². The van der Waals surface area contributed by atoms with Gasteiger partial charge >= 0.3 is 0 Å². The molecule has 0 bridgehead atoms. The Morgan fingerprint density at radius 2 is 1.72 bits per heavy atom. The van der Waals surface area contributed by atoms with Crippen molar-refractivity contribution in [3.8, 4) is 0 Å². The third kappa shape index (κ3) is 6.23. The Hall–Kier alpha value is -3.07. The molecule has 0 saturated carbocycles. The van der Waals surface area contributed by atoms with E-state index < -0.39 is 28.3 Å². The molecular formula is C23H21ClFN3O3S. The molecule has 9 heteroatoms. The number of halogens is 2. The number of hydrogen-bond acceptors (Lipinski definition) is 4. The summed E-state index contributed by atoms with van der Waals surface area (Å²) < 4.78 is 41.4. The van der Waals surface area contributed by atoms with Gasteiger partial charge in [0.1, 0.15) is 5.82 Å². The molecule has 0 aliphatic rings. The van der Waals surface area contributed by atoms with Crippen LogP contribution >= 0.6 is 11.6 Å². The molecular weight excluding hydrogens is 453 g/mol. The minimum absolute atomic E-state index is 0.0609. The lowest BCUT2D eigenvalue weighted by atomic mass is 10.2. The number of carbonyl (C=O) groups excluding carboxylic acids is 1. The molecule has 166 valence electrons. The second-order valence-electron chi connectivity index (χ2n) is 7.02. The molecule has 0 saturated heterocycles. The van der Waals surface area contributed by atoms with Crippen LogP contribution in [0.2, 0.25) is 5.02 Å². The third-order valence-electron chi connectivity index (χ3n) is 4.56. The van der Waals surface area contributed by atoms with Crippen molar-refractivity contribution < 1.29 is 17.6 Å². The molecule has 0 heterocycles. The Morgan fingerprint density at radius 3 is 2.38 bits per heavy atom. The monoisotopic (exact) mass is 473 g/mol. The van der Waals surface area contributed by atoms with Gasteiger partial charge in [-0.05, 0) is 42.8 Å². The van der Waals surface area contributed by atoms with Crippen LogP contribution < -0.4 is 5.43 Å². The molecule has 0 radical (unpaired) electrons. The quantitative estimate of drug-likeness (QED) is 0.394. The number of hydrogen-bond donors (Lipinski definition) is 1. The molecule has 0 aromatic heterocycles. The third-order valence-corrected chi connectivity index (χ3v) is 6.61. The maximum Gasteiger partial charge on any atom is 0.255 e. The van der Waals surface area contributed by atoms with E-state index >= 15 is 0 Å². The smallest absolute Gasteiger partial charge is 0.255 e. The van der Waals surface area contributed by atoms with Crippen LogP contribution in [-0.2, 0) is 21.4 Å². The van der Waals surface area contributed by atoms with Crippen molar-refractivity contribution in [2.24, 2.45) is 5.10 Å². The molecule has 0 fully saturated rings. The average Bonchev–Trinajstić information content (AvgIpc) is 2.76. The predicted octanol–water partition coefficient (Wildman–Crippen LogP) is 4.13. The summed E-state index contributed by atoms with van der Waals surface area (Å²) in [7, 11) is -4.11. The zero-order valence-corrected chi connectivity index (χ0v) is 18.8. The molecule has 3 aromatic rings. The van der Waals surface area contributed by atoms with Gasteiger partial charge in [0.15, 0.2) is 0 Å². The molecule has 0 aliphatic carbocycles. The predicted molar refractivity (Wildman–Crippen MR) is 122 cm³/mol. The topological polar surface area (TPSA) is 78.8 Å². The summed E-state index contributed by atoms with van der Waals surface area (Å²) >= 11 is 5.85. The Morgan fingerprint density at radius 1 is 1.06 bits per heavy atom. The van der Waals surface area contributed by atoms with E-state index in [9.17, 15) is 17.6 Å². The fraction of sp³-hybridized carbons (Fsp3) is 0.130. The SMILES string of the molecule is Cc1ccc(/C=N\NC(=O)CN(Cc2ccccc2F)S(=O)(=O)c2ccc(Cl)cc2)cc1. The van der Waals surface area contributed by atoms with E-state index in [0.717, 1.165) is 15.4 Å². The van der Waals surface area contributed by atoms with Crippen molar-refractivity contribution in [2.75, 3.05) is 6.54 Å². The summed E-state index contributed by atoms with van der Waals surface area (Å²) in [5, 5.41) is 4.25. The van der Waals surface area contributed by atoms with E-state index in [1.54, 1.807) is 6.07 Å². The normalized spacial score (nSPS) is 11.8. The van der Waals surface area contributed by atoms with Crippen LogP contribution in [0.4, 0.5) is 4.39 Å². The molecule has 3 rings (SSSR count). The van der Waals surface area contributed by atoms with Gasteiger partial charge in [-0.3, -0.25) is 4.79 Å². The van der Waals surface area contributed by atoms with Gasteiger partial charge in [-0.25, -0.2) is 18.2 Å². The van der Waals surface area contributed by atoms with Gasteiger partial charge in [-0.1, -0.05) is 59.6 Å². The lowest BCUT2D eigenvalue weighted by Gasteiger charge is -2.21. The fourth-order valence-corrected chi connectivity index (χ4v) is 4.33. The first-order valence-corrected chi connectivity index (χ1v) is 11.5. The number of nitrogens with one attached hydrogen (secondary N) is 1. The molecule has 0 atom stereocenters. The Labute approximate surface area is 191 Å². The van der Waals surface area contributed by atoms with Gasteiger partial charge in [-0.2, -0.15) is 9.41 Å². The summed E-state index contributed by atoms with van der Waals surface area (Å²) in [5.41, 5.74) is 4.32. The van der Waals surface area contributed by atoms with E-state index in [-0.39, 0.29) is 17.0 Å². The van der Waals surface area contributed by atoms with Crippen molar-refractivity contribution in [2.45, 2.75) is 18.4 Å². The number of rotatable bonds is 8. The van der Waals surface area contributed by atoms with Gasteiger partial charge in [-0.15, -0.1) is 0 Å². The summed E-state index contributed by atoms with van der Waals surface area (Å²) in [5.74, 6) is -1.23. The summed E-state index contributed by atoms with van der Waals surface area (Å²) in [6.45, 7) is 1.07. The summed E-state index contributed by atoms with van der Waals surface area (Å²) in [4.78, 5) is 12.4. The van der Waals surface area contributed by atoms with E-state index in [2.05, 4.69) is 10.5 Å². The van der Waals surface area contributed by atoms with Crippen molar-refractivity contribution >= 4 is 33.7 Å². The van der Waals surface area contributed by atoms with Crippen LogP contribution in [-0.4, -0.2) is 31.4 Å². The van der Waals surface area contributed by atoms with Gasteiger partial charge in [0.25, 0.3) is 5.91 Å². The van der Waals surface area contributed by atoms with Crippen LogP contribution in [0, 0.1) is 12.7 Å². The maximum atomic E-state index is 14.2. The molecule has 0 spiro atoms. The number of amides is 1. The van der Waals surface area contributed by atoms with Gasteiger partial charge in [0, 0.05) is 17.1 Å². The summed E-state index contributed by atoms with van der Waals surface area (Å²) in [6, 6.07) is 18.8. The lowest BCUT2D eigenvalue weighted by Crippen LogP contribution is -2.39. The first-order valence-electron chi connectivity index (χ1n) is 9.63. The van der Waals surface area contributed by atoms with Crippen LogP contribution in [0.1, 0.15) is 16.7 Å². The van der Waals surface area contributed by atoms with Crippen molar-refractivity contribution in [3.05, 3.63) is 100 Å². The highest BCUT2D eigenvalue weighted by Crippen LogP contribution is 2.21. The number of nitrogens with zero attached hydrogens (tertiary/aromatic N) is 2. The Kier molecular flexibility index (Phi) is 7.74. The zero-order chi connectivity index (χ0) is 23.1. The van der Waals surface area contributed by atoms with Crippen LogP contribution in [0.15, 0.2) is 82.8 Å². The van der Waals surface area contributed by atoms with Gasteiger partial charge < -0.3 is 0 Å². The lowest BCUT2D eigenvalue weighted by molar-refractivity contribution is -0.121. The van der Waals surface area contributed by atoms with Crippen LogP contribution in [0.3, 0.4) is 0 Å². The van der Waals surface area contributed by atoms with Crippen LogP contribution in [0.5, 0.6) is 0 Å². The second-order valence-corrected chi connectivity index (χ2v) is 9.40. The average molecular weight is 474 g/mol. The van der Waals surface area contributed by atoms with E-state index in [1.807, 2.05) is 31.2 Å². The molecule has 1 amide bonds. The van der Waals surface area contributed by atoms with Crippen molar-refractivity contribution in [1.82, 2.24) is 9.73 Å². The highest BCUT2D eigenvalue weighted by molar-refractivity contribution is 7.89. The number of sulfonamides is 1. The molecule has 3 aromatic carbocycles. The number of hydrazone groups is 1. The van der Waals surface area contributed by atoms with Crippen LogP contribution in [0.25, 0.3) is 0 Å². The van der Waals surface area contributed by atoms with Gasteiger partial charge in [0.2, 0.25) is 10.0 Å². The minimum atomic E-state index is -4.11. The maximum absolute atomic E-state index is 14.2. The molecule has 1 N–H and O–H groups in total. The second kappa shape index (κ2) is 10.5. The Bertz CT molecular complexity index is 1210. The number of carbonyl (C=O) groups is 1. The number of aryl methyl sites for hydroxylation is 1. The fourth-order valence-electron chi connectivity index (χ4n) is 2.82. The molecule has 32 heavy (non-hydrogen) atoms. The highest BCUT2D eigenvalue weighted by Gasteiger charge is 2.27. The first-order chi connectivity index (χ1) is 15.3. The highest BCUT2D eigenvalue weighted by atomic mass is 35.5. The van der Waals surface area contributed by atoms with Crippen molar-refractivity contribution in [3.63, 3.8) is 0 Å². The first kappa shape index (κ1) is 23.6. The summed E-state index contributed by atoms with van der Waals surface area (Å²) in [6.07, 6.45) is 1.45. The minimum Gasteiger partial charge on any atom is -0.272 e. The van der Waals surface area contributed by atoms with Gasteiger partial charge in [0.05, 0.1) is 17.7 Å². The van der Waals surface area contributed by atoms with E-state index in [1.165, 1.54) is 48.7 Å². The molecule has 6 nitrogen and oxygen atoms in total. The zero-order valence-electron chi connectivity index (χ0n) is 17.2. The van der Waals surface area contributed by atoms with E-state index in [4.69, 9.17) is 11.6 Å². The molecule has 0 unspecified atom stereocenters.